The molecule has 0 amide bonds. The summed E-state index contributed by atoms with van der Waals surface area (Å²) in [5.41, 5.74) is -0.988. The standard InChI is InChI=1S/C15H23N2O5/c1-10(2)21-15(22-11(3)4)16(18)13(12-8-7-9-20-12)14(5,6)17(15)19/h7-11H,1-6H3. The van der Waals surface area contributed by atoms with Crippen LogP contribution in [0.1, 0.15) is 47.3 Å². The van der Waals surface area contributed by atoms with Gasteiger partial charge in [0.25, 0.3) is 5.71 Å². The molecule has 1 radical (unpaired) electrons. The van der Waals surface area contributed by atoms with Crippen molar-refractivity contribution in [3.05, 3.63) is 29.4 Å². The molecule has 123 valence electrons. The molecular weight excluding hydrogens is 288 g/mol. The van der Waals surface area contributed by atoms with Crippen LogP contribution in [0.5, 0.6) is 0 Å². The van der Waals surface area contributed by atoms with Gasteiger partial charge in [0.1, 0.15) is 5.54 Å². The molecule has 0 aliphatic carbocycles. The Kier molecular flexibility index (Phi) is 4.36. The Labute approximate surface area is 130 Å². The Morgan fingerprint density at radius 3 is 2.18 bits per heavy atom. The molecule has 7 nitrogen and oxygen atoms in total. The first-order valence-corrected chi connectivity index (χ1v) is 7.34. The Balaban J connectivity index is 2.62. The molecule has 0 saturated carbocycles. The summed E-state index contributed by atoms with van der Waals surface area (Å²) >= 11 is 0. The second-order valence-electron chi connectivity index (χ2n) is 6.36. The van der Waals surface area contributed by atoms with E-state index in [1.807, 2.05) is 0 Å². The highest BCUT2D eigenvalue weighted by molar-refractivity contribution is 6.02. The van der Waals surface area contributed by atoms with E-state index in [-0.39, 0.29) is 17.9 Å². The molecule has 0 saturated heterocycles. The van der Waals surface area contributed by atoms with Crippen molar-refractivity contribution >= 4 is 5.71 Å². The smallest absolute Gasteiger partial charge is 0.496 e. The fourth-order valence-corrected chi connectivity index (χ4v) is 2.57. The van der Waals surface area contributed by atoms with Gasteiger partial charge in [0.05, 0.1) is 18.5 Å². The van der Waals surface area contributed by atoms with Crippen molar-refractivity contribution in [2.75, 3.05) is 0 Å². The van der Waals surface area contributed by atoms with Gasteiger partial charge in [0.2, 0.25) is 0 Å². The van der Waals surface area contributed by atoms with Gasteiger partial charge in [-0.1, -0.05) is 0 Å². The summed E-state index contributed by atoms with van der Waals surface area (Å²) < 4.78 is 17.1. The van der Waals surface area contributed by atoms with Crippen LogP contribution >= 0.6 is 0 Å². The van der Waals surface area contributed by atoms with Gasteiger partial charge in [0, 0.05) is 0 Å². The zero-order chi connectivity index (χ0) is 16.7. The van der Waals surface area contributed by atoms with E-state index in [2.05, 4.69) is 0 Å². The lowest BCUT2D eigenvalue weighted by Gasteiger charge is -2.34. The predicted molar refractivity (Wildman–Crippen MR) is 78.2 cm³/mol. The number of ether oxygens (including phenoxy) is 2. The van der Waals surface area contributed by atoms with Crippen LogP contribution in [0.2, 0.25) is 0 Å². The summed E-state index contributed by atoms with van der Waals surface area (Å²) in [6, 6.07) is 1.23. The van der Waals surface area contributed by atoms with Crippen molar-refractivity contribution in [1.29, 1.82) is 0 Å². The van der Waals surface area contributed by atoms with Gasteiger partial charge >= 0.3 is 6.03 Å². The Bertz CT molecular complexity index is 538. The van der Waals surface area contributed by atoms with Crippen LogP contribution in [0.25, 0.3) is 0 Å². The number of nitrogens with zero attached hydrogens (tertiary/aromatic N) is 2. The average Bonchev–Trinajstić information content (AvgIpc) is 2.92. The molecule has 0 atom stereocenters. The van der Waals surface area contributed by atoms with Crippen LogP contribution in [0.15, 0.2) is 22.8 Å². The molecule has 22 heavy (non-hydrogen) atoms. The molecule has 1 aliphatic rings. The van der Waals surface area contributed by atoms with Crippen molar-refractivity contribution in [2.45, 2.75) is 65.3 Å². The molecule has 7 heteroatoms. The van der Waals surface area contributed by atoms with E-state index in [1.54, 1.807) is 53.7 Å². The first-order chi connectivity index (χ1) is 10.1. The second kappa shape index (κ2) is 5.66. The zero-order valence-corrected chi connectivity index (χ0v) is 13.8. The quantitative estimate of drug-likeness (QED) is 0.474. The first-order valence-electron chi connectivity index (χ1n) is 7.34. The number of rotatable bonds is 5. The Hall–Kier alpha value is -1.41. The molecule has 2 heterocycles. The van der Waals surface area contributed by atoms with E-state index in [0.717, 1.165) is 0 Å². The summed E-state index contributed by atoms with van der Waals surface area (Å²) in [6.45, 7) is 10.2. The Morgan fingerprint density at radius 2 is 1.77 bits per heavy atom. The molecule has 0 fully saturated rings. The van der Waals surface area contributed by atoms with E-state index < -0.39 is 11.6 Å². The van der Waals surface area contributed by atoms with Gasteiger partial charge in [0.15, 0.2) is 5.76 Å². The molecule has 1 aliphatic heterocycles. The minimum atomic E-state index is -2.06. The normalized spacial score (nSPS) is 21.3. The summed E-state index contributed by atoms with van der Waals surface area (Å²) in [5.74, 6) is 0.322. The first kappa shape index (κ1) is 17.0. The van der Waals surface area contributed by atoms with E-state index in [0.29, 0.717) is 15.6 Å². The second-order valence-corrected chi connectivity index (χ2v) is 6.36. The van der Waals surface area contributed by atoms with E-state index in [9.17, 15) is 10.4 Å². The predicted octanol–water partition coefficient (Wildman–Crippen LogP) is 2.48. The van der Waals surface area contributed by atoms with Gasteiger partial charge in [-0.2, -0.15) is 0 Å². The van der Waals surface area contributed by atoms with Crippen molar-refractivity contribution in [1.82, 2.24) is 5.06 Å². The van der Waals surface area contributed by atoms with Gasteiger partial charge in [-0.25, -0.2) is 0 Å². The average molecular weight is 311 g/mol. The monoisotopic (exact) mass is 311 g/mol. The van der Waals surface area contributed by atoms with Crippen LogP contribution in [0.3, 0.4) is 0 Å². The lowest BCUT2D eigenvalue weighted by molar-refractivity contribution is -0.734. The van der Waals surface area contributed by atoms with Crippen molar-refractivity contribution in [3.63, 3.8) is 0 Å². The van der Waals surface area contributed by atoms with Crippen molar-refractivity contribution in [2.24, 2.45) is 0 Å². The third-order valence-electron chi connectivity index (χ3n) is 3.34. The molecule has 1 aromatic heterocycles. The third-order valence-corrected chi connectivity index (χ3v) is 3.34. The Morgan fingerprint density at radius 1 is 1.23 bits per heavy atom. The molecule has 1 aromatic rings. The number of hydroxylamine groups is 3. The SMILES string of the molecule is CC(C)OC1(OC(C)C)N([O])C(C)(C)C(c2ccco2)=[N+]1[O-]. The van der Waals surface area contributed by atoms with Crippen LogP contribution in [-0.2, 0) is 14.7 Å². The summed E-state index contributed by atoms with van der Waals surface area (Å²) in [7, 11) is 0. The summed E-state index contributed by atoms with van der Waals surface area (Å²) in [4.78, 5) is 0. The molecular formula is C15H23N2O5. The minimum Gasteiger partial charge on any atom is -0.618 e. The van der Waals surface area contributed by atoms with Crippen LogP contribution in [-0.4, -0.2) is 39.3 Å². The van der Waals surface area contributed by atoms with Crippen molar-refractivity contribution < 1.29 is 23.8 Å². The van der Waals surface area contributed by atoms with Crippen LogP contribution in [0.4, 0.5) is 0 Å². The van der Waals surface area contributed by atoms with E-state index >= 15 is 0 Å². The van der Waals surface area contributed by atoms with Gasteiger partial charge in [-0.3, -0.25) is 9.47 Å². The molecule has 0 bridgehead atoms. The molecule has 2 rings (SSSR count). The van der Waals surface area contributed by atoms with Gasteiger partial charge < -0.3 is 9.62 Å². The highest BCUT2D eigenvalue weighted by Crippen LogP contribution is 2.38. The number of hydrogen-bond acceptors (Lipinski definition) is 5. The number of hydrogen-bond donors (Lipinski definition) is 0. The van der Waals surface area contributed by atoms with Gasteiger partial charge in [-0.05, 0) is 58.7 Å². The number of furan rings is 1. The molecule has 0 spiro atoms. The maximum absolute atomic E-state index is 13.0. The third kappa shape index (κ3) is 2.54. The van der Waals surface area contributed by atoms with Crippen LogP contribution < -0.4 is 0 Å². The lowest BCUT2D eigenvalue weighted by atomic mass is 9.97. The minimum absolute atomic E-state index is 0.175. The highest BCUT2D eigenvalue weighted by atomic mass is 16.8. The van der Waals surface area contributed by atoms with Gasteiger partial charge in [-0.15, -0.1) is 9.95 Å². The molecule has 0 unspecified atom stereocenters. The summed E-state index contributed by atoms with van der Waals surface area (Å²) in [5, 5.41) is 26.4. The maximum Gasteiger partial charge on any atom is 0.496 e. The van der Waals surface area contributed by atoms with E-state index in [1.165, 1.54) is 6.26 Å². The fourth-order valence-electron chi connectivity index (χ4n) is 2.57. The fraction of sp³-hybridized carbons (Fsp3) is 0.667. The highest BCUT2D eigenvalue weighted by Gasteiger charge is 2.68. The summed E-state index contributed by atoms with van der Waals surface area (Å²) in [6.07, 6.45) is 0.699. The van der Waals surface area contributed by atoms with Crippen molar-refractivity contribution in [3.8, 4) is 0 Å². The van der Waals surface area contributed by atoms with Crippen LogP contribution in [0, 0.1) is 5.21 Å². The lowest BCUT2D eigenvalue weighted by Crippen LogP contribution is -2.59. The van der Waals surface area contributed by atoms with E-state index in [4.69, 9.17) is 13.9 Å². The molecule has 0 aromatic carbocycles. The topological polar surface area (TPSA) is 80.8 Å². The zero-order valence-electron chi connectivity index (χ0n) is 13.8. The maximum atomic E-state index is 13.0. The largest absolute Gasteiger partial charge is 0.618 e. The molecule has 0 N–H and O–H groups in total.